The number of ether oxygens (including phenoxy) is 3. The first kappa shape index (κ1) is 33.0. The van der Waals surface area contributed by atoms with E-state index in [1.54, 1.807) is 30.9 Å². The molecule has 0 radical (unpaired) electrons. The Labute approximate surface area is 259 Å². The number of ketones is 2. The van der Waals surface area contributed by atoms with Gasteiger partial charge in [-0.3, -0.25) is 24.2 Å². The highest BCUT2D eigenvalue weighted by Gasteiger charge is 2.66. The summed E-state index contributed by atoms with van der Waals surface area (Å²) in [5.74, 6) is -6.86. The van der Waals surface area contributed by atoms with Crippen molar-refractivity contribution in [3.8, 4) is 5.75 Å². The van der Waals surface area contributed by atoms with E-state index < -0.39 is 81.2 Å². The highest BCUT2D eigenvalue weighted by atomic mass is 19.4. The van der Waals surface area contributed by atoms with E-state index in [4.69, 9.17) is 25.4 Å². The molecule has 2 fully saturated rings. The molecule has 3 aliphatic carbocycles. The van der Waals surface area contributed by atoms with Gasteiger partial charge in [-0.1, -0.05) is 0 Å². The van der Waals surface area contributed by atoms with Gasteiger partial charge in [0, 0.05) is 37.3 Å². The van der Waals surface area contributed by atoms with Gasteiger partial charge in [-0.25, -0.2) is 0 Å². The minimum atomic E-state index is -4.86. The fourth-order valence-electron chi connectivity index (χ4n) is 8.03. The number of alkyl halides is 3. The molecule has 1 aromatic carbocycles. The number of nitrogens with zero attached hydrogens (tertiary/aromatic N) is 2. The number of halogens is 3. The lowest BCUT2D eigenvalue weighted by atomic mass is 9.55. The molecule has 1 aliphatic heterocycles. The van der Waals surface area contributed by atoms with Gasteiger partial charge in [0.1, 0.15) is 17.4 Å². The summed E-state index contributed by atoms with van der Waals surface area (Å²) in [5, 5.41) is 20.2. The van der Waals surface area contributed by atoms with E-state index in [-0.39, 0.29) is 41.8 Å². The number of carbonyl (C=O) groups excluding carboxylic acids is 3. The minimum absolute atomic E-state index is 0.0404. The Morgan fingerprint density at radius 3 is 2.42 bits per heavy atom. The molecule has 0 spiro atoms. The zero-order valence-corrected chi connectivity index (χ0v) is 26.1. The Morgan fingerprint density at radius 1 is 1.24 bits per heavy atom. The van der Waals surface area contributed by atoms with Crippen molar-refractivity contribution in [2.75, 3.05) is 48.6 Å². The molecule has 1 saturated carbocycles. The highest BCUT2D eigenvalue weighted by Crippen LogP contribution is 2.55. The molecule has 1 aromatic rings. The number of nitrogens with one attached hydrogen (secondary N) is 1. The van der Waals surface area contributed by atoms with Crippen LogP contribution in [-0.2, 0) is 42.9 Å². The van der Waals surface area contributed by atoms with Crippen molar-refractivity contribution in [1.29, 1.82) is 5.41 Å². The quantitative estimate of drug-likeness (QED) is 0.383. The number of benzene rings is 1. The lowest BCUT2D eigenvalue weighted by molar-refractivity contribution is -0.143. The first-order valence-corrected chi connectivity index (χ1v) is 14.7. The maximum atomic E-state index is 14.9. The van der Waals surface area contributed by atoms with Crippen LogP contribution < -0.4 is 5.73 Å². The van der Waals surface area contributed by atoms with Crippen molar-refractivity contribution < 1.29 is 46.9 Å². The van der Waals surface area contributed by atoms with Crippen LogP contribution in [0, 0.1) is 23.2 Å². The van der Waals surface area contributed by atoms with Crippen LogP contribution in [0.25, 0.3) is 0 Å². The molecule has 14 heteroatoms. The Balaban J connectivity index is 1.73. The number of allylic oxidation sites excluding steroid dienone is 1. The van der Waals surface area contributed by atoms with Crippen LogP contribution in [-0.4, -0.2) is 104 Å². The Morgan fingerprint density at radius 2 is 1.91 bits per heavy atom. The summed E-state index contributed by atoms with van der Waals surface area (Å²) in [6, 6.07) is -0.0445. The van der Waals surface area contributed by atoms with E-state index in [0.29, 0.717) is 19.6 Å². The summed E-state index contributed by atoms with van der Waals surface area (Å²) in [4.78, 5) is 43.7. The van der Waals surface area contributed by atoms with Crippen LogP contribution in [0.1, 0.15) is 46.8 Å². The van der Waals surface area contributed by atoms with Crippen molar-refractivity contribution >= 4 is 23.2 Å². The predicted octanol–water partition coefficient (Wildman–Crippen LogP) is 2.32. The molecule has 45 heavy (non-hydrogen) atoms. The summed E-state index contributed by atoms with van der Waals surface area (Å²) in [6.07, 6.45) is -4.57. The monoisotopic (exact) mass is 636 g/mol. The molecule has 5 rings (SSSR count). The zero-order chi connectivity index (χ0) is 33.4. The molecule has 1 heterocycles. The second kappa shape index (κ2) is 11.2. The van der Waals surface area contributed by atoms with E-state index in [2.05, 4.69) is 0 Å². The van der Waals surface area contributed by atoms with E-state index in [9.17, 15) is 32.7 Å². The van der Waals surface area contributed by atoms with Gasteiger partial charge in [0.15, 0.2) is 17.2 Å². The molecule has 4 aliphatic rings. The number of fused-ring (bicyclic) bond motifs is 3. The molecule has 6 atom stereocenters. The molecule has 11 nitrogen and oxygen atoms in total. The number of Topliss-reactive ketones (excluding diaryl/α,β-unsaturated/α-hetero) is 2. The Kier molecular flexibility index (Phi) is 8.21. The van der Waals surface area contributed by atoms with Crippen LogP contribution in [0.2, 0.25) is 0 Å². The first-order chi connectivity index (χ1) is 21.0. The van der Waals surface area contributed by atoms with Gasteiger partial charge >= 0.3 is 6.18 Å². The van der Waals surface area contributed by atoms with Gasteiger partial charge in [0.05, 0.1) is 36.6 Å². The van der Waals surface area contributed by atoms with E-state index in [1.807, 2.05) is 6.92 Å². The standard InChI is InChI=1S/C31H39F3N4O7/c1-29(7-8-45-13-29)38(4)12-15-11-18(39)20-16(22(15)31(32,33)34)9-14-10-17-23(37(2)3)25(41)21(28(36)42)26(35)30(17,44-6)27(43-5)19(14)24(20)40/h11,14,17,21,23,35,39H,7-10,12-13H2,1-6H3,(H2,36,42). The number of aromatic hydroxyl groups is 1. The first-order valence-electron chi connectivity index (χ1n) is 14.7. The maximum Gasteiger partial charge on any atom is 0.417 e. The largest absolute Gasteiger partial charge is 0.507 e. The fraction of sp³-hybridized carbons (Fsp3) is 0.613. The Hall–Kier alpha value is -3.33. The molecule has 246 valence electrons. The number of nitrogens with two attached hydrogens (primary N) is 1. The average Bonchev–Trinajstić information content (AvgIpc) is 3.38. The van der Waals surface area contributed by atoms with Crippen molar-refractivity contribution in [3.63, 3.8) is 0 Å². The maximum absolute atomic E-state index is 14.9. The third-order valence-corrected chi connectivity index (χ3v) is 10.3. The van der Waals surface area contributed by atoms with Crippen LogP contribution in [0.4, 0.5) is 13.2 Å². The number of phenols is 1. The Bertz CT molecular complexity index is 1500. The smallest absolute Gasteiger partial charge is 0.417 e. The van der Waals surface area contributed by atoms with Crippen LogP contribution in [0.5, 0.6) is 5.75 Å². The van der Waals surface area contributed by atoms with Gasteiger partial charge in [-0.15, -0.1) is 0 Å². The van der Waals surface area contributed by atoms with E-state index in [0.717, 1.165) is 6.07 Å². The van der Waals surface area contributed by atoms with Crippen molar-refractivity contribution in [1.82, 2.24) is 9.80 Å². The minimum Gasteiger partial charge on any atom is -0.507 e. The number of amides is 1. The number of phenolic OH excluding ortho intramolecular Hbond substituents is 1. The normalized spacial score (nSPS) is 31.8. The predicted molar refractivity (Wildman–Crippen MR) is 155 cm³/mol. The van der Waals surface area contributed by atoms with Gasteiger partial charge in [-0.05, 0) is 70.4 Å². The number of rotatable bonds is 7. The molecule has 0 aromatic heterocycles. The second-order valence-electron chi connectivity index (χ2n) is 13.0. The van der Waals surface area contributed by atoms with E-state index in [1.165, 1.54) is 14.2 Å². The molecule has 4 N–H and O–H groups in total. The number of primary amides is 1. The molecular formula is C31H39F3N4O7. The fourth-order valence-corrected chi connectivity index (χ4v) is 8.03. The summed E-state index contributed by atoms with van der Waals surface area (Å²) >= 11 is 0. The molecule has 1 saturated heterocycles. The number of hydrogen-bond acceptors (Lipinski definition) is 10. The van der Waals surface area contributed by atoms with Crippen LogP contribution in [0.3, 0.4) is 0 Å². The van der Waals surface area contributed by atoms with Gasteiger partial charge in [-0.2, -0.15) is 13.2 Å². The highest BCUT2D eigenvalue weighted by molar-refractivity contribution is 6.26. The van der Waals surface area contributed by atoms with Crippen LogP contribution >= 0.6 is 0 Å². The van der Waals surface area contributed by atoms with Gasteiger partial charge in [0.2, 0.25) is 5.91 Å². The number of hydrogen-bond donors (Lipinski definition) is 3. The van der Waals surface area contributed by atoms with E-state index >= 15 is 0 Å². The number of carbonyl (C=O) groups is 3. The summed E-state index contributed by atoms with van der Waals surface area (Å²) in [6.45, 7) is 2.57. The summed E-state index contributed by atoms with van der Waals surface area (Å²) in [5.41, 5.74) is 0.634. The summed E-state index contributed by atoms with van der Waals surface area (Å²) < 4.78 is 62.0. The zero-order valence-electron chi connectivity index (χ0n) is 26.1. The van der Waals surface area contributed by atoms with Gasteiger partial charge < -0.3 is 30.5 Å². The number of methoxy groups -OCH3 is 2. The van der Waals surface area contributed by atoms with Crippen molar-refractivity contribution in [2.45, 2.75) is 56.1 Å². The lowest BCUT2D eigenvalue weighted by Gasteiger charge is -2.54. The summed E-state index contributed by atoms with van der Waals surface area (Å²) in [7, 11) is 7.37. The van der Waals surface area contributed by atoms with Gasteiger partial charge in [0.25, 0.3) is 0 Å². The third kappa shape index (κ3) is 4.79. The molecule has 6 unspecified atom stereocenters. The molecule has 1 amide bonds. The average molecular weight is 637 g/mol. The topological polar surface area (TPSA) is 155 Å². The van der Waals surface area contributed by atoms with Crippen LogP contribution in [0.15, 0.2) is 17.4 Å². The SMILES string of the molecule is COC1=C2C(=O)c3c(O)cc(CN(C)C4(C)CCOC4)c(C(F)(F)F)c3CC2CC2C(N(C)C)C(=O)C(C(N)=O)C(=N)C12OC. The second-order valence-corrected chi connectivity index (χ2v) is 13.0. The number of likely N-dealkylation sites (N-methyl/N-ethyl adjacent to an activating group) is 2. The molecular weight excluding hydrogens is 597 g/mol. The van der Waals surface area contributed by atoms with Crippen molar-refractivity contribution in [2.24, 2.45) is 23.5 Å². The third-order valence-electron chi connectivity index (χ3n) is 10.3. The van der Waals surface area contributed by atoms with Crippen molar-refractivity contribution in [3.05, 3.63) is 39.7 Å². The molecule has 0 bridgehead atoms. The lowest BCUT2D eigenvalue weighted by Crippen LogP contribution is -2.70.